The van der Waals surface area contributed by atoms with Gasteiger partial charge in [0.15, 0.2) is 5.16 Å². The van der Waals surface area contributed by atoms with Crippen molar-refractivity contribution in [2.75, 3.05) is 12.3 Å². The zero-order valence-corrected chi connectivity index (χ0v) is 8.89. The van der Waals surface area contributed by atoms with Gasteiger partial charge in [-0.25, -0.2) is 4.98 Å². The quantitative estimate of drug-likeness (QED) is 0.710. The lowest BCUT2D eigenvalue weighted by molar-refractivity contribution is 0.587. The van der Waals surface area contributed by atoms with Crippen LogP contribution in [0, 0.1) is 0 Å². The Hall–Kier alpha value is -0.480. The largest absolute Gasteiger partial charge is 0.330 e. The van der Waals surface area contributed by atoms with Crippen LogP contribution < -0.4 is 5.73 Å². The predicted molar refractivity (Wildman–Crippen MR) is 56.9 cm³/mol. The molecular weight excluding hydrogens is 182 g/mol. The summed E-state index contributed by atoms with van der Waals surface area (Å²) in [6.07, 6.45) is 6.33. The van der Waals surface area contributed by atoms with Crippen molar-refractivity contribution in [3.63, 3.8) is 0 Å². The van der Waals surface area contributed by atoms with E-state index in [1.54, 1.807) is 11.8 Å². The molecule has 0 aliphatic heterocycles. The van der Waals surface area contributed by atoms with Gasteiger partial charge in [0.25, 0.3) is 0 Å². The summed E-state index contributed by atoms with van der Waals surface area (Å²) in [6, 6.07) is 0. The number of nitrogens with zero attached hydrogens (tertiary/aromatic N) is 2. The second-order valence-electron chi connectivity index (χ2n) is 2.89. The molecule has 0 amide bonds. The lowest BCUT2D eigenvalue weighted by Gasteiger charge is -2.05. The number of hydrogen-bond acceptors (Lipinski definition) is 3. The van der Waals surface area contributed by atoms with Gasteiger partial charge in [0.05, 0.1) is 0 Å². The lowest BCUT2D eigenvalue weighted by atomic mass is 10.3. The van der Waals surface area contributed by atoms with Gasteiger partial charge in [-0.2, -0.15) is 0 Å². The van der Waals surface area contributed by atoms with Crippen LogP contribution in [0.15, 0.2) is 17.6 Å². The molecule has 0 atom stereocenters. The molecule has 0 fully saturated rings. The first kappa shape index (κ1) is 10.6. The first-order chi connectivity index (χ1) is 6.38. The number of aryl methyl sites for hydroxylation is 1. The Bertz CT molecular complexity index is 212. The molecule has 0 saturated carbocycles. The van der Waals surface area contributed by atoms with E-state index in [9.17, 15) is 0 Å². The van der Waals surface area contributed by atoms with Gasteiger partial charge < -0.3 is 10.3 Å². The van der Waals surface area contributed by atoms with Crippen molar-refractivity contribution in [2.45, 2.75) is 31.5 Å². The van der Waals surface area contributed by atoms with Gasteiger partial charge in [-0.3, -0.25) is 0 Å². The minimum absolute atomic E-state index is 0.714. The van der Waals surface area contributed by atoms with Gasteiger partial charge in [0.1, 0.15) is 0 Å². The molecule has 13 heavy (non-hydrogen) atoms. The van der Waals surface area contributed by atoms with Gasteiger partial charge in [-0.05, 0) is 6.42 Å². The van der Waals surface area contributed by atoms with E-state index in [0.29, 0.717) is 6.54 Å². The van der Waals surface area contributed by atoms with E-state index in [1.807, 2.05) is 12.4 Å². The van der Waals surface area contributed by atoms with Crippen LogP contribution in [-0.4, -0.2) is 21.8 Å². The van der Waals surface area contributed by atoms with Crippen molar-refractivity contribution in [3.8, 4) is 0 Å². The summed E-state index contributed by atoms with van der Waals surface area (Å²) in [4.78, 5) is 4.28. The molecule has 1 heterocycles. The van der Waals surface area contributed by atoms with Crippen LogP contribution in [0.3, 0.4) is 0 Å². The maximum absolute atomic E-state index is 5.44. The number of unbranched alkanes of at least 4 members (excludes halogenated alkanes) is 1. The van der Waals surface area contributed by atoms with Gasteiger partial charge in [0, 0.05) is 31.2 Å². The number of aromatic nitrogens is 2. The van der Waals surface area contributed by atoms with E-state index < -0.39 is 0 Å². The standard InChI is InChI=1S/C9H17N3S/c1-2-3-6-12-7-5-11-9(12)13-8-4-10/h5,7H,2-4,6,8,10H2,1H3. The number of hydrogen-bond donors (Lipinski definition) is 1. The highest BCUT2D eigenvalue weighted by molar-refractivity contribution is 7.99. The smallest absolute Gasteiger partial charge is 0.167 e. The summed E-state index contributed by atoms with van der Waals surface area (Å²) >= 11 is 1.73. The molecule has 3 nitrogen and oxygen atoms in total. The summed E-state index contributed by atoms with van der Waals surface area (Å²) in [6.45, 7) is 3.98. The van der Waals surface area contributed by atoms with Crippen molar-refractivity contribution in [1.82, 2.24) is 9.55 Å². The van der Waals surface area contributed by atoms with Crippen molar-refractivity contribution >= 4 is 11.8 Å². The van der Waals surface area contributed by atoms with Crippen LogP contribution in [0.2, 0.25) is 0 Å². The van der Waals surface area contributed by atoms with E-state index in [1.165, 1.54) is 12.8 Å². The van der Waals surface area contributed by atoms with Gasteiger partial charge in [-0.1, -0.05) is 25.1 Å². The topological polar surface area (TPSA) is 43.8 Å². The summed E-state index contributed by atoms with van der Waals surface area (Å²) < 4.78 is 2.20. The normalized spacial score (nSPS) is 10.6. The molecule has 4 heteroatoms. The molecule has 1 aromatic heterocycles. The summed E-state index contributed by atoms with van der Waals surface area (Å²) in [5, 5.41) is 1.10. The highest BCUT2D eigenvalue weighted by atomic mass is 32.2. The summed E-state index contributed by atoms with van der Waals surface area (Å²) in [5.41, 5.74) is 5.44. The molecule has 74 valence electrons. The molecule has 0 radical (unpaired) electrons. The molecule has 1 aromatic rings. The Balaban J connectivity index is 2.45. The molecular formula is C9H17N3S. The fraction of sp³-hybridized carbons (Fsp3) is 0.667. The fourth-order valence-electron chi connectivity index (χ4n) is 1.08. The third kappa shape index (κ3) is 3.40. The molecule has 0 aliphatic carbocycles. The molecule has 0 aromatic carbocycles. The van der Waals surface area contributed by atoms with Gasteiger partial charge in [-0.15, -0.1) is 0 Å². The van der Waals surface area contributed by atoms with E-state index in [2.05, 4.69) is 16.5 Å². The van der Waals surface area contributed by atoms with Crippen LogP contribution in [0.5, 0.6) is 0 Å². The number of imidazole rings is 1. The van der Waals surface area contributed by atoms with E-state index in [0.717, 1.165) is 17.5 Å². The lowest BCUT2D eigenvalue weighted by Crippen LogP contribution is -2.04. The van der Waals surface area contributed by atoms with Crippen LogP contribution in [0.4, 0.5) is 0 Å². The highest BCUT2D eigenvalue weighted by Gasteiger charge is 2.01. The number of nitrogens with two attached hydrogens (primary N) is 1. The van der Waals surface area contributed by atoms with Crippen LogP contribution in [0.1, 0.15) is 19.8 Å². The first-order valence-corrected chi connectivity index (χ1v) is 5.71. The first-order valence-electron chi connectivity index (χ1n) is 4.72. The zero-order chi connectivity index (χ0) is 9.52. The number of rotatable bonds is 6. The molecule has 0 spiro atoms. The Kier molecular flexibility index (Phi) is 4.93. The van der Waals surface area contributed by atoms with E-state index >= 15 is 0 Å². The fourth-order valence-corrected chi connectivity index (χ4v) is 1.84. The van der Waals surface area contributed by atoms with Crippen molar-refractivity contribution in [2.24, 2.45) is 5.73 Å². The summed E-state index contributed by atoms with van der Waals surface area (Å²) in [5.74, 6) is 0.948. The Morgan fingerprint density at radius 3 is 3.15 bits per heavy atom. The molecule has 1 rings (SSSR count). The zero-order valence-electron chi connectivity index (χ0n) is 8.07. The average Bonchev–Trinajstić information content (AvgIpc) is 2.59. The molecule has 0 saturated heterocycles. The molecule has 0 aliphatic rings. The average molecular weight is 199 g/mol. The SMILES string of the molecule is CCCCn1ccnc1SCCN. The Morgan fingerprint density at radius 1 is 1.62 bits per heavy atom. The van der Waals surface area contributed by atoms with Crippen LogP contribution in [0.25, 0.3) is 0 Å². The maximum Gasteiger partial charge on any atom is 0.167 e. The van der Waals surface area contributed by atoms with Crippen molar-refractivity contribution in [3.05, 3.63) is 12.4 Å². The predicted octanol–water partition coefficient (Wildman–Crippen LogP) is 1.73. The van der Waals surface area contributed by atoms with Crippen LogP contribution in [-0.2, 0) is 6.54 Å². The third-order valence-corrected chi connectivity index (χ3v) is 2.82. The summed E-state index contributed by atoms with van der Waals surface area (Å²) in [7, 11) is 0. The minimum Gasteiger partial charge on any atom is -0.330 e. The second kappa shape index (κ2) is 6.05. The Morgan fingerprint density at radius 2 is 2.46 bits per heavy atom. The van der Waals surface area contributed by atoms with Crippen molar-refractivity contribution < 1.29 is 0 Å². The molecule has 0 bridgehead atoms. The van der Waals surface area contributed by atoms with Crippen LogP contribution >= 0.6 is 11.8 Å². The highest BCUT2D eigenvalue weighted by Crippen LogP contribution is 2.15. The Labute approximate surface area is 83.7 Å². The molecule has 0 unspecified atom stereocenters. The third-order valence-electron chi connectivity index (χ3n) is 1.78. The van der Waals surface area contributed by atoms with E-state index in [4.69, 9.17) is 5.73 Å². The monoisotopic (exact) mass is 199 g/mol. The van der Waals surface area contributed by atoms with Gasteiger partial charge in [0.2, 0.25) is 0 Å². The van der Waals surface area contributed by atoms with E-state index in [-0.39, 0.29) is 0 Å². The second-order valence-corrected chi connectivity index (χ2v) is 3.96. The maximum atomic E-state index is 5.44. The molecule has 2 N–H and O–H groups in total. The number of thioether (sulfide) groups is 1. The van der Waals surface area contributed by atoms with Gasteiger partial charge >= 0.3 is 0 Å². The van der Waals surface area contributed by atoms with Crippen molar-refractivity contribution in [1.29, 1.82) is 0 Å². The minimum atomic E-state index is 0.714.